The molecule has 0 saturated heterocycles. The molecule has 0 unspecified atom stereocenters. The summed E-state index contributed by atoms with van der Waals surface area (Å²) < 4.78 is 2.40. The van der Waals surface area contributed by atoms with Crippen molar-refractivity contribution in [2.75, 3.05) is 0 Å². The molecule has 0 bridgehead atoms. The van der Waals surface area contributed by atoms with Crippen molar-refractivity contribution in [2.24, 2.45) is 0 Å². The molecule has 304 valence electrons. The molecule has 12 aromatic rings. The molecule has 2 heterocycles. The fraction of sp³-hybridized carbons (Fsp3) is 0. The Balaban J connectivity index is 0.988. The summed E-state index contributed by atoms with van der Waals surface area (Å²) in [6.45, 7) is 0. The van der Waals surface area contributed by atoms with Crippen LogP contribution in [0.25, 0.3) is 117 Å². The summed E-state index contributed by atoms with van der Waals surface area (Å²) in [6.07, 6.45) is 0. The summed E-state index contributed by atoms with van der Waals surface area (Å²) in [5, 5.41) is 4.70. The first kappa shape index (κ1) is 38.0. The topological polar surface area (TPSA) is 43.6 Å². The number of nitrogens with zero attached hydrogens (tertiary/aromatic N) is 4. The van der Waals surface area contributed by atoms with Gasteiger partial charge in [0.25, 0.3) is 0 Å². The van der Waals surface area contributed by atoms with Crippen LogP contribution in [0, 0.1) is 0 Å². The van der Waals surface area contributed by atoms with Crippen molar-refractivity contribution < 1.29 is 0 Å². The van der Waals surface area contributed by atoms with E-state index in [0.29, 0.717) is 17.5 Å². The minimum atomic E-state index is 0.621. The second-order valence-electron chi connectivity index (χ2n) is 16.3. The largest absolute Gasteiger partial charge is 0.309 e. The molecule has 0 amide bonds. The lowest BCUT2D eigenvalue weighted by Crippen LogP contribution is -2.02. The van der Waals surface area contributed by atoms with Crippen LogP contribution >= 0.6 is 0 Å². The van der Waals surface area contributed by atoms with Crippen molar-refractivity contribution in [2.45, 2.75) is 0 Å². The Bertz CT molecular complexity index is 3550. The first-order chi connectivity index (χ1) is 32.3. The Hall–Kier alpha value is -8.73. The normalized spacial score (nSPS) is 11.4. The van der Waals surface area contributed by atoms with E-state index in [1.807, 2.05) is 12.1 Å². The highest BCUT2D eigenvalue weighted by molar-refractivity contribution is 6.10. The zero-order valence-electron chi connectivity index (χ0n) is 35.4. The van der Waals surface area contributed by atoms with E-state index in [1.165, 1.54) is 27.4 Å². The average Bonchev–Trinajstić information content (AvgIpc) is 3.73. The van der Waals surface area contributed by atoms with Gasteiger partial charge in [-0.2, -0.15) is 0 Å². The van der Waals surface area contributed by atoms with E-state index in [-0.39, 0.29) is 0 Å². The maximum atomic E-state index is 5.33. The molecule has 0 aliphatic rings. The molecule has 4 heteroatoms. The number of hydrogen-bond acceptors (Lipinski definition) is 3. The maximum absolute atomic E-state index is 5.33. The zero-order valence-corrected chi connectivity index (χ0v) is 35.4. The summed E-state index contributed by atoms with van der Waals surface area (Å²) >= 11 is 0. The molecule has 10 aromatic carbocycles. The van der Waals surface area contributed by atoms with Crippen LogP contribution in [-0.4, -0.2) is 19.5 Å². The summed E-state index contributed by atoms with van der Waals surface area (Å²) in [7, 11) is 0. The first-order valence-corrected chi connectivity index (χ1v) is 22.0. The van der Waals surface area contributed by atoms with Crippen molar-refractivity contribution in [3.63, 3.8) is 0 Å². The molecule has 0 saturated carbocycles. The predicted molar refractivity (Wildman–Crippen MR) is 270 cm³/mol. The number of hydrogen-bond donors (Lipinski definition) is 0. The van der Waals surface area contributed by atoms with Crippen LogP contribution in [0.4, 0.5) is 0 Å². The van der Waals surface area contributed by atoms with Crippen molar-refractivity contribution >= 4 is 32.6 Å². The van der Waals surface area contributed by atoms with Crippen molar-refractivity contribution in [3.8, 4) is 84.4 Å². The highest BCUT2D eigenvalue weighted by Gasteiger charge is 2.20. The lowest BCUT2D eigenvalue weighted by molar-refractivity contribution is 1.08. The summed E-state index contributed by atoms with van der Waals surface area (Å²) in [5.74, 6) is 1.87. The van der Waals surface area contributed by atoms with Gasteiger partial charge in [0.05, 0.1) is 16.7 Å². The van der Waals surface area contributed by atoms with E-state index in [0.717, 1.165) is 72.1 Å². The molecule has 0 aliphatic heterocycles. The van der Waals surface area contributed by atoms with Crippen LogP contribution in [0.2, 0.25) is 0 Å². The molecule has 0 fully saturated rings. The van der Waals surface area contributed by atoms with E-state index in [2.05, 4.69) is 235 Å². The highest BCUT2D eigenvalue weighted by atomic mass is 15.0. The van der Waals surface area contributed by atoms with E-state index < -0.39 is 0 Å². The van der Waals surface area contributed by atoms with Crippen LogP contribution in [0.3, 0.4) is 0 Å². The molecule has 0 atom stereocenters. The molecule has 0 spiro atoms. The molecule has 0 aliphatic carbocycles. The second kappa shape index (κ2) is 16.2. The Morgan fingerprint density at radius 2 is 0.554 bits per heavy atom. The smallest absolute Gasteiger partial charge is 0.164 e. The average molecular weight is 829 g/mol. The lowest BCUT2D eigenvalue weighted by Gasteiger charge is -2.16. The van der Waals surface area contributed by atoms with Crippen molar-refractivity contribution in [1.29, 1.82) is 0 Å². The fourth-order valence-electron chi connectivity index (χ4n) is 9.50. The van der Waals surface area contributed by atoms with Crippen molar-refractivity contribution in [3.05, 3.63) is 243 Å². The third-order valence-corrected chi connectivity index (χ3v) is 12.5. The minimum Gasteiger partial charge on any atom is -0.309 e. The predicted octanol–water partition coefficient (Wildman–Crippen LogP) is 15.8. The zero-order chi connectivity index (χ0) is 43.1. The van der Waals surface area contributed by atoms with E-state index in [9.17, 15) is 0 Å². The lowest BCUT2D eigenvalue weighted by atomic mass is 9.93. The number of aromatic nitrogens is 4. The number of fused-ring (bicyclic) bond motifs is 4. The number of para-hydroxylation sites is 3. The van der Waals surface area contributed by atoms with Crippen LogP contribution in [0.5, 0.6) is 0 Å². The number of rotatable bonds is 8. The first-order valence-electron chi connectivity index (χ1n) is 22.0. The monoisotopic (exact) mass is 828 g/mol. The van der Waals surface area contributed by atoms with Crippen LogP contribution in [0.1, 0.15) is 0 Å². The SMILES string of the molecule is c1ccc(-c2ccccc2-c2nc(-c3ccccc3-c3ccccc3)nc(-c3ccc(-c4ccc(-c5ccccc5-n5c6ccccc6c6ccccc65)cc4)c4ccccc34)n2)cc1. The summed E-state index contributed by atoms with van der Waals surface area (Å²) in [4.78, 5) is 15.9. The molecule has 4 nitrogen and oxygen atoms in total. The van der Waals surface area contributed by atoms with Gasteiger partial charge in [0.1, 0.15) is 0 Å². The van der Waals surface area contributed by atoms with Crippen LogP contribution in [-0.2, 0) is 0 Å². The Morgan fingerprint density at radius 1 is 0.215 bits per heavy atom. The maximum Gasteiger partial charge on any atom is 0.164 e. The fourth-order valence-corrected chi connectivity index (χ4v) is 9.50. The third-order valence-electron chi connectivity index (χ3n) is 12.5. The van der Waals surface area contributed by atoms with Gasteiger partial charge in [-0.05, 0) is 74.0 Å². The Labute approximate surface area is 377 Å². The molecular weight excluding hydrogens is 789 g/mol. The van der Waals surface area contributed by atoms with Gasteiger partial charge >= 0.3 is 0 Å². The molecular formula is C61H40N4. The van der Waals surface area contributed by atoms with Gasteiger partial charge in [-0.25, -0.2) is 15.0 Å². The Morgan fingerprint density at radius 3 is 1.08 bits per heavy atom. The standard InChI is InChI=1S/C61H40N4/c1-3-19-41(20-4-1)45-23-7-11-30-53(45)59-62-60(54-31-12-8-24-46(54)42-21-5-2-6-22-42)64-61(63-59)55-40-39-47(49-26-9-10-27-50(49)55)43-35-37-44(38-36-43)48-25-13-16-32-56(48)65-57-33-17-14-28-51(57)52-29-15-18-34-58(52)65/h1-40H. The van der Waals surface area contributed by atoms with Crippen molar-refractivity contribution in [1.82, 2.24) is 19.5 Å². The molecule has 65 heavy (non-hydrogen) atoms. The van der Waals surface area contributed by atoms with E-state index >= 15 is 0 Å². The van der Waals surface area contributed by atoms with Gasteiger partial charge in [-0.3, -0.25) is 0 Å². The van der Waals surface area contributed by atoms with Crippen LogP contribution in [0.15, 0.2) is 243 Å². The molecule has 2 aromatic heterocycles. The number of benzene rings is 10. The van der Waals surface area contributed by atoms with Crippen LogP contribution < -0.4 is 0 Å². The van der Waals surface area contributed by atoms with E-state index in [1.54, 1.807) is 0 Å². The molecule has 0 N–H and O–H groups in total. The van der Waals surface area contributed by atoms with Gasteiger partial charge in [0.2, 0.25) is 0 Å². The molecule has 0 radical (unpaired) electrons. The summed E-state index contributed by atoms with van der Waals surface area (Å²) in [6, 6.07) is 85.8. The Kier molecular flexibility index (Phi) is 9.46. The van der Waals surface area contributed by atoms with Gasteiger partial charge in [0.15, 0.2) is 17.5 Å². The molecule has 12 rings (SSSR count). The second-order valence-corrected chi connectivity index (χ2v) is 16.3. The van der Waals surface area contributed by atoms with Gasteiger partial charge in [-0.1, -0.05) is 218 Å². The van der Waals surface area contributed by atoms with Gasteiger partial charge in [0, 0.05) is 33.0 Å². The third kappa shape index (κ3) is 6.76. The van der Waals surface area contributed by atoms with Gasteiger partial charge in [-0.15, -0.1) is 0 Å². The highest BCUT2D eigenvalue weighted by Crippen LogP contribution is 2.41. The quantitative estimate of drug-likeness (QED) is 0.153. The van der Waals surface area contributed by atoms with E-state index in [4.69, 9.17) is 15.0 Å². The van der Waals surface area contributed by atoms with Gasteiger partial charge < -0.3 is 4.57 Å². The summed E-state index contributed by atoms with van der Waals surface area (Å²) in [5.41, 5.74) is 15.3. The minimum absolute atomic E-state index is 0.621.